The maximum Gasteiger partial charge on any atom is 0.410 e. The average Bonchev–Trinajstić information content (AvgIpc) is 3.56. The number of nitrogens with zero attached hydrogens (tertiary/aromatic N) is 5. The third kappa shape index (κ3) is 5.05. The highest BCUT2D eigenvalue weighted by molar-refractivity contribution is 5.92. The van der Waals surface area contributed by atoms with Crippen LogP contribution in [0.4, 0.5) is 14.9 Å². The highest BCUT2D eigenvalue weighted by Gasteiger charge is 2.54. The van der Waals surface area contributed by atoms with Crippen LogP contribution in [0.15, 0.2) is 36.5 Å². The number of carbonyl (C=O) groups is 1. The Hall–Kier alpha value is -3.92. The van der Waals surface area contributed by atoms with E-state index < -0.39 is 11.4 Å². The fourth-order valence-electron chi connectivity index (χ4n) is 5.81. The first-order chi connectivity index (χ1) is 19.5. The molecule has 0 radical (unpaired) electrons. The molecule has 1 amide bonds. The van der Waals surface area contributed by atoms with E-state index in [9.17, 15) is 4.79 Å². The number of amides is 1. The molecule has 0 unspecified atom stereocenters. The second-order valence-electron chi connectivity index (χ2n) is 12.1. The molecule has 1 spiro atoms. The molecule has 9 nitrogen and oxygen atoms in total. The summed E-state index contributed by atoms with van der Waals surface area (Å²) in [7, 11) is 3.44. The lowest BCUT2D eigenvalue weighted by atomic mass is 10.0. The molecule has 2 aliphatic rings. The quantitative estimate of drug-likeness (QED) is 0.285. The minimum Gasteiger partial charge on any atom is -0.466 e. The van der Waals surface area contributed by atoms with E-state index in [1.807, 2.05) is 70.1 Å². The van der Waals surface area contributed by atoms with Crippen molar-refractivity contribution in [3.05, 3.63) is 47.9 Å². The summed E-state index contributed by atoms with van der Waals surface area (Å²) in [5.74, 6) is 0.219. The lowest BCUT2D eigenvalue weighted by molar-refractivity contribution is 0.0106. The zero-order chi connectivity index (χ0) is 29.1. The molecule has 6 rings (SSSR count). The standard InChI is InChI=1S/C31H36FN5O4/c1-19-26-21(16-35(5)34-26)14-23(28(19)40-18-39-6)25-8-7-20-13-22(15-24(32)27(20)33-25)36-11-12-37(31(17-36)9-10-31)29(38)41-30(2,3)4/h7-8,13-16H,9-12,17-18H2,1-6H3. The van der Waals surface area contributed by atoms with Gasteiger partial charge in [0.25, 0.3) is 0 Å². The third-order valence-corrected chi connectivity index (χ3v) is 7.88. The molecule has 2 aromatic carbocycles. The molecule has 10 heteroatoms. The lowest BCUT2D eigenvalue weighted by Crippen LogP contribution is -2.58. The summed E-state index contributed by atoms with van der Waals surface area (Å²) in [6, 6.07) is 9.30. The van der Waals surface area contributed by atoms with Crippen molar-refractivity contribution in [1.29, 1.82) is 0 Å². The van der Waals surface area contributed by atoms with E-state index in [4.69, 9.17) is 19.2 Å². The lowest BCUT2D eigenvalue weighted by Gasteiger charge is -2.43. The number of hydrogen-bond acceptors (Lipinski definition) is 7. The molecule has 0 bridgehead atoms. The molecule has 1 aliphatic carbocycles. The van der Waals surface area contributed by atoms with Crippen LogP contribution in [0, 0.1) is 12.7 Å². The maximum atomic E-state index is 15.7. The Kier molecular flexibility index (Phi) is 6.56. The molecule has 41 heavy (non-hydrogen) atoms. The first kappa shape index (κ1) is 27.3. The van der Waals surface area contributed by atoms with Crippen molar-refractivity contribution < 1.29 is 23.4 Å². The van der Waals surface area contributed by atoms with Gasteiger partial charge in [0.2, 0.25) is 0 Å². The Morgan fingerprint density at radius 2 is 1.88 bits per heavy atom. The first-order valence-electron chi connectivity index (χ1n) is 13.9. The van der Waals surface area contributed by atoms with Gasteiger partial charge in [0.1, 0.15) is 16.9 Å². The Morgan fingerprint density at radius 3 is 2.59 bits per heavy atom. The molecule has 2 aromatic heterocycles. The van der Waals surface area contributed by atoms with Gasteiger partial charge in [0, 0.05) is 67.6 Å². The van der Waals surface area contributed by atoms with Gasteiger partial charge in [0.05, 0.1) is 16.7 Å². The molecule has 0 N–H and O–H groups in total. The Bertz CT molecular complexity index is 1660. The van der Waals surface area contributed by atoms with Crippen LogP contribution in [0.5, 0.6) is 5.75 Å². The van der Waals surface area contributed by atoms with Crippen LogP contribution in [0.25, 0.3) is 33.1 Å². The summed E-state index contributed by atoms with van der Waals surface area (Å²) >= 11 is 0. The van der Waals surface area contributed by atoms with Crippen molar-refractivity contribution in [3.8, 4) is 17.0 Å². The van der Waals surface area contributed by atoms with Crippen molar-refractivity contribution in [2.24, 2.45) is 7.05 Å². The predicted molar refractivity (Wildman–Crippen MR) is 156 cm³/mol. The number of aromatic nitrogens is 3. The van der Waals surface area contributed by atoms with Crippen LogP contribution < -0.4 is 9.64 Å². The normalized spacial score (nSPS) is 16.6. The highest BCUT2D eigenvalue weighted by atomic mass is 19.1. The Balaban J connectivity index is 1.32. The van der Waals surface area contributed by atoms with Crippen molar-refractivity contribution in [2.45, 2.75) is 51.7 Å². The number of piperazine rings is 1. The zero-order valence-electron chi connectivity index (χ0n) is 24.5. The number of anilines is 1. The predicted octanol–water partition coefficient (Wildman–Crippen LogP) is 5.81. The molecule has 216 valence electrons. The second kappa shape index (κ2) is 9.87. The van der Waals surface area contributed by atoms with Crippen molar-refractivity contribution in [3.63, 3.8) is 0 Å². The van der Waals surface area contributed by atoms with E-state index >= 15 is 4.39 Å². The smallest absolute Gasteiger partial charge is 0.410 e. The molecule has 1 aliphatic heterocycles. The second-order valence-corrected chi connectivity index (χ2v) is 12.1. The van der Waals surface area contributed by atoms with Gasteiger partial charge < -0.3 is 19.1 Å². The summed E-state index contributed by atoms with van der Waals surface area (Å²) < 4.78 is 34.2. The zero-order valence-corrected chi connectivity index (χ0v) is 24.5. The number of aryl methyl sites for hydroxylation is 2. The van der Waals surface area contributed by atoms with E-state index in [-0.39, 0.29) is 18.4 Å². The third-order valence-electron chi connectivity index (χ3n) is 7.88. The van der Waals surface area contributed by atoms with E-state index in [1.165, 1.54) is 0 Å². The van der Waals surface area contributed by atoms with Gasteiger partial charge in [-0.2, -0.15) is 5.10 Å². The maximum absolute atomic E-state index is 15.7. The van der Waals surface area contributed by atoms with Gasteiger partial charge in [-0.15, -0.1) is 0 Å². The van der Waals surface area contributed by atoms with Gasteiger partial charge in [-0.05, 0) is 64.8 Å². The molecule has 0 atom stereocenters. The van der Waals surface area contributed by atoms with Gasteiger partial charge in [-0.25, -0.2) is 14.2 Å². The minimum absolute atomic E-state index is 0.0696. The summed E-state index contributed by atoms with van der Waals surface area (Å²) in [4.78, 5) is 21.7. The topological polar surface area (TPSA) is 82.0 Å². The Labute approximate surface area is 238 Å². The van der Waals surface area contributed by atoms with E-state index in [2.05, 4.69) is 10.00 Å². The number of benzene rings is 2. The van der Waals surface area contributed by atoms with Crippen LogP contribution >= 0.6 is 0 Å². The number of hydrogen-bond donors (Lipinski definition) is 0. The molecule has 4 aromatic rings. The number of methoxy groups -OCH3 is 1. The van der Waals surface area contributed by atoms with Gasteiger partial charge >= 0.3 is 6.09 Å². The molecule has 1 saturated carbocycles. The number of rotatable bonds is 5. The summed E-state index contributed by atoms with van der Waals surface area (Å²) in [6.45, 7) is 9.44. The highest BCUT2D eigenvalue weighted by Crippen LogP contribution is 2.46. The number of fused-ring (bicyclic) bond motifs is 2. The fraction of sp³-hybridized carbons (Fsp3) is 0.452. The van der Waals surface area contributed by atoms with Crippen LogP contribution in [0.2, 0.25) is 0 Å². The van der Waals surface area contributed by atoms with E-state index in [0.29, 0.717) is 42.0 Å². The molecule has 2 fully saturated rings. The summed E-state index contributed by atoms with van der Waals surface area (Å²) in [5.41, 5.74) is 3.34. The average molecular weight is 562 g/mol. The van der Waals surface area contributed by atoms with Gasteiger partial charge in [-0.1, -0.05) is 6.07 Å². The van der Waals surface area contributed by atoms with E-state index in [1.54, 1.807) is 17.9 Å². The number of halogens is 1. The fourth-order valence-corrected chi connectivity index (χ4v) is 5.81. The van der Waals surface area contributed by atoms with Crippen molar-refractivity contribution in [2.75, 3.05) is 38.4 Å². The number of pyridine rings is 1. The van der Waals surface area contributed by atoms with Crippen molar-refractivity contribution in [1.82, 2.24) is 19.7 Å². The van der Waals surface area contributed by atoms with Crippen LogP contribution in [0.3, 0.4) is 0 Å². The SMILES string of the molecule is COCOc1c(-c2ccc3cc(N4CCN(C(=O)OC(C)(C)C)C5(CC5)C4)cc(F)c3n2)cc2cn(C)nc2c1C. The summed E-state index contributed by atoms with van der Waals surface area (Å²) in [6.07, 6.45) is 3.50. The number of carbonyl (C=O) groups excluding carboxylic acids is 1. The van der Waals surface area contributed by atoms with Gasteiger partial charge in [-0.3, -0.25) is 9.58 Å². The van der Waals surface area contributed by atoms with Crippen LogP contribution in [-0.2, 0) is 16.5 Å². The largest absolute Gasteiger partial charge is 0.466 e. The van der Waals surface area contributed by atoms with Crippen LogP contribution in [-0.4, -0.2) is 70.4 Å². The van der Waals surface area contributed by atoms with Crippen molar-refractivity contribution >= 4 is 33.6 Å². The molecular weight excluding hydrogens is 525 g/mol. The molecule has 1 saturated heterocycles. The van der Waals surface area contributed by atoms with Crippen LogP contribution in [0.1, 0.15) is 39.2 Å². The number of ether oxygens (including phenoxy) is 3. The summed E-state index contributed by atoms with van der Waals surface area (Å²) in [5, 5.41) is 6.22. The monoisotopic (exact) mass is 561 g/mol. The van der Waals surface area contributed by atoms with E-state index in [0.717, 1.165) is 40.6 Å². The molecular formula is C31H36FN5O4. The minimum atomic E-state index is -0.545. The Morgan fingerprint density at radius 1 is 1.10 bits per heavy atom. The molecule has 3 heterocycles. The first-order valence-corrected chi connectivity index (χ1v) is 13.9. The van der Waals surface area contributed by atoms with Gasteiger partial charge in [0.15, 0.2) is 12.6 Å².